The minimum absolute atomic E-state index is 0.145. The van der Waals surface area contributed by atoms with Crippen molar-refractivity contribution in [1.29, 1.82) is 0 Å². The van der Waals surface area contributed by atoms with Gasteiger partial charge in [0, 0.05) is 11.1 Å². The molecule has 31 heavy (non-hydrogen) atoms. The Kier molecular flexibility index (Phi) is 7.96. The quantitative estimate of drug-likeness (QED) is 0.190. The molecule has 0 saturated heterocycles. The highest BCUT2D eigenvalue weighted by atomic mass is 19.4. The van der Waals surface area contributed by atoms with E-state index >= 15 is 0 Å². The molecule has 0 aromatic heterocycles. The third kappa shape index (κ3) is 7.55. The first-order valence-corrected chi connectivity index (χ1v) is 9.25. The van der Waals surface area contributed by atoms with Gasteiger partial charge >= 0.3 is 12.4 Å². The average molecular weight is 440 g/mol. The lowest BCUT2D eigenvalue weighted by Gasteiger charge is -2.06. The summed E-state index contributed by atoms with van der Waals surface area (Å²) in [7, 11) is 0. The van der Waals surface area contributed by atoms with Crippen LogP contribution >= 0.6 is 0 Å². The molecule has 2 nitrogen and oxygen atoms in total. The second kappa shape index (κ2) is 10.2. The summed E-state index contributed by atoms with van der Waals surface area (Å²) in [6.07, 6.45) is -1.57. The van der Waals surface area contributed by atoms with E-state index < -0.39 is 35.0 Å². The van der Waals surface area contributed by atoms with Gasteiger partial charge in [0.25, 0.3) is 0 Å². The topological polar surface area (TPSA) is 34.1 Å². The van der Waals surface area contributed by atoms with E-state index in [2.05, 4.69) is 0 Å². The number of rotatable bonds is 8. The molecule has 2 aromatic rings. The Morgan fingerprint density at radius 3 is 1.23 bits per heavy atom. The molecule has 0 aliphatic rings. The first kappa shape index (κ1) is 24.1. The Morgan fingerprint density at radius 2 is 0.935 bits per heavy atom. The minimum Gasteiger partial charge on any atom is -0.289 e. The fourth-order valence-corrected chi connectivity index (χ4v) is 2.57. The van der Waals surface area contributed by atoms with Crippen LogP contribution in [0.1, 0.15) is 51.1 Å². The summed E-state index contributed by atoms with van der Waals surface area (Å²) in [5.74, 6) is -0.830. The molecule has 0 atom stereocenters. The fraction of sp³-hybridized carbons (Fsp3) is 0.217. The number of benzene rings is 2. The zero-order valence-electron chi connectivity index (χ0n) is 16.1. The van der Waals surface area contributed by atoms with Crippen LogP contribution in [0.3, 0.4) is 0 Å². The number of ketones is 2. The average Bonchev–Trinajstić information content (AvgIpc) is 2.71. The Balaban J connectivity index is 1.75. The largest absolute Gasteiger partial charge is 0.416 e. The zero-order chi connectivity index (χ0) is 23.1. The molecule has 0 unspecified atom stereocenters. The molecule has 0 amide bonds. The van der Waals surface area contributed by atoms with E-state index in [0.717, 1.165) is 48.5 Å². The molecule has 0 aliphatic carbocycles. The second-order valence-corrected chi connectivity index (χ2v) is 6.61. The van der Waals surface area contributed by atoms with Gasteiger partial charge in [-0.25, -0.2) is 0 Å². The molecule has 8 heteroatoms. The van der Waals surface area contributed by atoms with Gasteiger partial charge in [-0.1, -0.05) is 36.4 Å². The molecule has 0 radical (unpaired) electrons. The van der Waals surface area contributed by atoms with Crippen LogP contribution in [0.25, 0.3) is 0 Å². The maximum Gasteiger partial charge on any atom is 0.416 e. The molecule has 164 valence electrons. The van der Waals surface area contributed by atoms with Crippen molar-refractivity contribution in [3.63, 3.8) is 0 Å². The van der Waals surface area contributed by atoms with Crippen molar-refractivity contribution in [1.82, 2.24) is 0 Å². The molecular formula is C23H18F6O2. The van der Waals surface area contributed by atoms with Gasteiger partial charge in [0.2, 0.25) is 0 Å². The highest BCUT2D eigenvalue weighted by Crippen LogP contribution is 2.30. The van der Waals surface area contributed by atoms with E-state index in [-0.39, 0.29) is 11.1 Å². The molecule has 0 heterocycles. The Bertz CT molecular complexity index is 870. The van der Waals surface area contributed by atoms with E-state index in [4.69, 9.17) is 0 Å². The van der Waals surface area contributed by atoms with E-state index in [9.17, 15) is 35.9 Å². The molecule has 0 spiro atoms. The van der Waals surface area contributed by atoms with Gasteiger partial charge in [-0.2, -0.15) is 26.3 Å². The van der Waals surface area contributed by atoms with E-state index in [1.807, 2.05) is 0 Å². The van der Waals surface area contributed by atoms with E-state index in [0.29, 0.717) is 19.3 Å². The van der Waals surface area contributed by atoms with Crippen molar-refractivity contribution in [2.24, 2.45) is 0 Å². The number of hydrogen-bond donors (Lipinski definition) is 0. The third-order valence-corrected chi connectivity index (χ3v) is 4.27. The van der Waals surface area contributed by atoms with E-state index in [1.54, 1.807) is 12.2 Å². The van der Waals surface area contributed by atoms with Crippen LogP contribution in [0.15, 0.2) is 72.8 Å². The van der Waals surface area contributed by atoms with Crippen LogP contribution in [0.5, 0.6) is 0 Å². The normalized spacial score (nSPS) is 12.6. The van der Waals surface area contributed by atoms with Gasteiger partial charge in [-0.05, 0) is 55.7 Å². The third-order valence-electron chi connectivity index (χ3n) is 4.27. The highest BCUT2D eigenvalue weighted by molar-refractivity contribution is 6.05. The molecular weight excluding hydrogens is 422 g/mol. The summed E-state index contributed by atoms with van der Waals surface area (Å²) in [6.45, 7) is 0. The Hall–Kier alpha value is -3.16. The summed E-state index contributed by atoms with van der Waals surface area (Å²) in [6, 6.07) is 7.85. The zero-order valence-corrected chi connectivity index (χ0v) is 16.1. The van der Waals surface area contributed by atoms with Crippen LogP contribution in [0.2, 0.25) is 0 Å². The van der Waals surface area contributed by atoms with Crippen molar-refractivity contribution in [2.75, 3.05) is 0 Å². The van der Waals surface area contributed by atoms with Gasteiger partial charge in [0.15, 0.2) is 11.6 Å². The van der Waals surface area contributed by atoms with Crippen LogP contribution in [-0.2, 0) is 12.4 Å². The van der Waals surface area contributed by atoms with Crippen LogP contribution in [0, 0.1) is 0 Å². The maximum atomic E-state index is 12.5. The number of carbonyl (C=O) groups excluding carboxylic acids is 2. The van der Waals surface area contributed by atoms with Crippen LogP contribution in [-0.4, -0.2) is 11.6 Å². The first-order valence-electron chi connectivity index (χ1n) is 9.25. The molecule has 0 saturated carbocycles. The first-order chi connectivity index (χ1) is 14.5. The number of unbranched alkanes of at least 4 members (excludes halogenated alkanes) is 2. The Morgan fingerprint density at radius 1 is 0.613 bits per heavy atom. The number of halogens is 6. The van der Waals surface area contributed by atoms with Crippen molar-refractivity contribution >= 4 is 11.6 Å². The summed E-state index contributed by atoms with van der Waals surface area (Å²) >= 11 is 0. The van der Waals surface area contributed by atoms with Gasteiger partial charge in [-0.3, -0.25) is 9.59 Å². The maximum absolute atomic E-state index is 12.5. The second-order valence-electron chi connectivity index (χ2n) is 6.61. The molecule has 0 bridgehead atoms. The predicted octanol–water partition coefficient (Wildman–Crippen LogP) is 7.07. The van der Waals surface area contributed by atoms with Gasteiger partial charge in [0.05, 0.1) is 11.1 Å². The lowest BCUT2D eigenvalue weighted by atomic mass is 10.1. The number of carbonyl (C=O) groups is 2. The molecule has 0 aliphatic heterocycles. The van der Waals surface area contributed by atoms with Crippen molar-refractivity contribution in [2.45, 2.75) is 31.6 Å². The predicted molar refractivity (Wildman–Crippen MR) is 104 cm³/mol. The summed E-state index contributed by atoms with van der Waals surface area (Å²) in [5.41, 5.74) is -1.37. The Labute approximate surface area is 174 Å². The van der Waals surface area contributed by atoms with Gasteiger partial charge in [0.1, 0.15) is 0 Å². The van der Waals surface area contributed by atoms with Gasteiger partial charge in [-0.15, -0.1) is 0 Å². The number of allylic oxidation sites excluding steroid dienone is 4. The SMILES string of the molecule is O=C(/C=C/CCC/C=C/C(=O)c1ccc(C(F)(F)F)cc1)c1ccc(C(F)(F)F)cc1. The summed E-state index contributed by atoms with van der Waals surface area (Å²) in [5, 5.41) is 0. The fourth-order valence-electron chi connectivity index (χ4n) is 2.57. The van der Waals surface area contributed by atoms with Crippen molar-refractivity contribution < 1.29 is 35.9 Å². The van der Waals surface area contributed by atoms with Gasteiger partial charge < -0.3 is 0 Å². The lowest BCUT2D eigenvalue weighted by molar-refractivity contribution is -0.138. The summed E-state index contributed by atoms with van der Waals surface area (Å²) < 4.78 is 75.1. The lowest BCUT2D eigenvalue weighted by Crippen LogP contribution is -2.05. The molecule has 0 fully saturated rings. The molecule has 2 aromatic carbocycles. The smallest absolute Gasteiger partial charge is 0.289 e. The van der Waals surface area contributed by atoms with Crippen molar-refractivity contribution in [3.8, 4) is 0 Å². The van der Waals surface area contributed by atoms with E-state index in [1.165, 1.54) is 12.2 Å². The molecule has 0 N–H and O–H groups in total. The number of alkyl halides is 6. The van der Waals surface area contributed by atoms with Crippen LogP contribution in [0.4, 0.5) is 26.3 Å². The monoisotopic (exact) mass is 440 g/mol. The van der Waals surface area contributed by atoms with Crippen molar-refractivity contribution in [3.05, 3.63) is 95.1 Å². The van der Waals surface area contributed by atoms with Crippen LogP contribution < -0.4 is 0 Å². The standard InChI is InChI=1S/C23H18F6O2/c24-22(25,26)18-12-8-16(9-13-18)20(30)6-4-2-1-3-5-7-21(31)17-10-14-19(15-11-17)23(27,28)29/h4-15H,1-3H2/b6-4+,7-5+. The minimum atomic E-state index is -4.46. The molecule has 2 rings (SSSR count). The number of hydrogen-bond acceptors (Lipinski definition) is 2. The summed E-state index contributed by atoms with van der Waals surface area (Å²) in [4.78, 5) is 23.9. The highest BCUT2D eigenvalue weighted by Gasteiger charge is 2.30.